The summed E-state index contributed by atoms with van der Waals surface area (Å²) in [5.74, 6) is 0. The lowest BCUT2D eigenvalue weighted by Crippen LogP contribution is -2.11. The van der Waals surface area contributed by atoms with Crippen molar-refractivity contribution in [1.29, 1.82) is 0 Å². The van der Waals surface area contributed by atoms with E-state index in [4.69, 9.17) is 11.6 Å². The van der Waals surface area contributed by atoms with E-state index in [1.165, 1.54) is 6.07 Å². The van der Waals surface area contributed by atoms with Gasteiger partial charge in [0.15, 0.2) is 0 Å². The number of rotatable bonds is 3. The molecule has 3 rings (SSSR count). The maximum absolute atomic E-state index is 12.2. The number of fused-ring (bicyclic) bond motifs is 1. The Balaban J connectivity index is 1.96. The molecule has 0 unspecified atom stereocenters. The van der Waals surface area contributed by atoms with Crippen LogP contribution in [0.15, 0.2) is 46.9 Å². The Kier molecular flexibility index (Phi) is 3.33. The first-order valence-corrected chi connectivity index (χ1v) is 8.21. The van der Waals surface area contributed by atoms with Crippen LogP contribution in [-0.2, 0) is 10.0 Å². The van der Waals surface area contributed by atoms with Crippen molar-refractivity contribution in [2.45, 2.75) is 4.21 Å². The molecular weight excluding hydrogens is 318 g/mol. The molecule has 0 amide bonds. The Morgan fingerprint density at radius 1 is 1.05 bits per heavy atom. The highest BCUT2D eigenvalue weighted by Gasteiger charge is 2.16. The molecule has 8 heteroatoms. The van der Waals surface area contributed by atoms with Crippen molar-refractivity contribution in [3.8, 4) is 0 Å². The molecule has 102 valence electrons. The third-order valence-electron chi connectivity index (χ3n) is 2.53. The number of nitrogens with one attached hydrogen (secondary N) is 1. The molecule has 0 bridgehead atoms. The Labute approximate surface area is 124 Å². The van der Waals surface area contributed by atoms with Gasteiger partial charge in [-0.3, -0.25) is 14.7 Å². The molecular formula is C12H8ClN3O2S2. The number of hydrogen-bond acceptors (Lipinski definition) is 5. The van der Waals surface area contributed by atoms with E-state index in [-0.39, 0.29) is 4.21 Å². The van der Waals surface area contributed by atoms with Gasteiger partial charge >= 0.3 is 0 Å². The molecule has 0 saturated heterocycles. The second-order valence-electron chi connectivity index (χ2n) is 3.92. The van der Waals surface area contributed by atoms with Gasteiger partial charge in [0.25, 0.3) is 10.0 Å². The molecule has 5 nitrogen and oxygen atoms in total. The van der Waals surface area contributed by atoms with Gasteiger partial charge in [0.1, 0.15) is 4.21 Å². The zero-order valence-corrected chi connectivity index (χ0v) is 12.3. The number of benzene rings is 1. The number of nitrogens with zero attached hydrogens (tertiary/aromatic N) is 2. The van der Waals surface area contributed by atoms with E-state index in [0.29, 0.717) is 21.1 Å². The lowest BCUT2D eigenvalue weighted by molar-refractivity contribution is 0.603. The number of hydrogen-bond donors (Lipinski definition) is 1. The summed E-state index contributed by atoms with van der Waals surface area (Å²) in [7, 11) is -3.63. The summed E-state index contributed by atoms with van der Waals surface area (Å²) in [4.78, 5) is 8.26. The average molecular weight is 326 g/mol. The maximum atomic E-state index is 12.2. The molecule has 3 aromatic rings. The van der Waals surface area contributed by atoms with Gasteiger partial charge in [-0.05, 0) is 30.3 Å². The van der Waals surface area contributed by atoms with Gasteiger partial charge < -0.3 is 0 Å². The van der Waals surface area contributed by atoms with Crippen molar-refractivity contribution in [3.63, 3.8) is 0 Å². The molecule has 20 heavy (non-hydrogen) atoms. The summed E-state index contributed by atoms with van der Waals surface area (Å²) in [6, 6.07) is 8.00. The van der Waals surface area contributed by atoms with Crippen LogP contribution in [0.4, 0.5) is 5.69 Å². The number of sulfonamides is 1. The van der Waals surface area contributed by atoms with Crippen LogP contribution >= 0.6 is 22.9 Å². The number of halogens is 1. The minimum absolute atomic E-state index is 0.168. The summed E-state index contributed by atoms with van der Waals surface area (Å²) in [6.45, 7) is 0. The molecule has 0 atom stereocenters. The van der Waals surface area contributed by atoms with Crippen LogP contribution in [0.2, 0.25) is 4.34 Å². The summed E-state index contributed by atoms with van der Waals surface area (Å²) < 4.78 is 27.4. The molecule has 1 aromatic carbocycles. The largest absolute Gasteiger partial charge is 0.279 e. The van der Waals surface area contributed by atoms with E-state index in [2.05, 4.69) is 14.7 Å². The van der Waals surface area contributed by atoms with Crippen LogP contribution in [0, 0.1) is 0 Å². The van der Waals surface area contributed by atoms with Crippen LogP contribution in [0.5, 0.6) is 0 Å². The van der Waals surface area contributed by atoms with Gasteiger partial charge in [0.2, 0.25) is 0 Å². The summed E-state index contributed by atoms with van der Waals surface area (Å²) in [6.07, 6.45) is 3.14. The predicted molar refractivity (Wildman–Crippen MR) is 79.7 cm³/mol. The maximum Gasteiger partial charge on any atom is 0.271 e. The third-order valence-corrected chi connectivity index (χ3v) is 5.64. The van der Waals surface area contributed by atoms with Crippen molar-refractivity contribution < 1.29 is 8.42 Å². The lowest BCUT2D eigenvalue weighted by atomic mass is 10.3. The first-order chi connectivity index (χ1) is 9.54. The highest BCUT2D eigenvalue weighted by Crippen LogP contribution is 2.27. The minimum Gasteiger partial charge on any atom is -0.279 e. The molecule has 2 aromatic heterocycles. The van der Waals surface area contributed by atoms with Crippen molar-refractivity contribution in [1.82, 2.24) is 9.97 Å². The van der Waals surface area contributed by atoms with Crippen molar-refractivity contribution in [3.05, 3.63) is 47.1 Å². The number of aromatic nitrogens is 2. The molecule has 0 aliphatic carbocycles. The standard InChI is InChI=1S/C12H8ClN3O2S2/c13-11-3-4-12(19-11)20(17,18)16-8-1-2-9-10(7-8)15-6-5-14-9/h1-7,16H. The first-order valence-electron chi connectivity index (χ1n) is 5.53. The van der Waals surface area contributed by atoms with Crippen molar-refractivity contribution >= 4 is 49.7 Å². The lowest BCUT2D eigenvalue weighted by Gasteiger charge is -2.06. The summed E-state index contributed by atoms with van der Waals surface area (Å²) in [5.41, 5.74) is 1.76. The molecule has 0 aliphatic rings. The fourth-order valence-corrected chi connectivity index (χ4v) is 4.21. The predicted octanol–water partition coefficient (Wildman–Crippen LogP) is 3.15. The van der Waals surface area contributed by atoms with E-state index in [1.54, 1.807) is 36.7 Å². The zero-order valence-electron chi connectivity index (χ0n) is 9.95. The zero-order chi connectivity index (χ0) is 14.2. The monoisotopic (exact) mass is 325 g/mol. The highest BCUT2D eigenvalue weighted by atomic mass is 35.5. The quantitative estimate of drug-likeness (QED) is 0.803. The Bertz CT molecular complexity index is 877. The first kappa shape index (κ1) is 13.3. The van der Waals surface area contributed by atoms with Crippen LogP contribution in [0.1, 0.15) is 0 Å². The van der Waals surface area contributed by atoms with Crippen LogP contribution in [-0.4, -0.2) is 18.4 Å². The molecule has 1 N–H and O–H groups in total. The van der Waals surface area contributed by atoms with Gasteiger partial charge in [-0.25, -0.2) is 8.42 Å². The Hall–Kier alpha value is -1.70. The van der Waals surface area contributed by atoms with E-state index in [1.807, 2.05) is 0 Å². The normalized spacial score (nSPS) is 11.7. The van der Waals surface area contributed by atoms with E-state index < -0.39 is 10.0 Å². The topological polar surface area (TPSA) is 72.0 Å². The van der Waals surface area contributed by atoms with Gasteiger partial charge in [-0.1, -0.05) is 11.6 Å². The second kappa shape index (κ2) is 5.01. The molecule has 0 radical (unpaired) electrons. The Morgan fingerprint density at radius 3 is 2.50 bits per heavy atom. The molecule has 0 spiro atoms. The highest BCUT2D eigenvalue weighted by molar-refractivity contribution is 7.94. The summed E-state index contributed by atoms with van der Waals surface area (Å²) in [5, 5.41) is 0. The van der Waals surface area contributed by atoms with E-state index in [9.17, 15) is 8.42 Å². The Morgan fingerprint density at radius 2 is 1.80 bits per heavy atom. The number of anilines is 1. The van der Waals surface area contributed by atoms with Crippen molar-refractivity contribution in [2.75, 3.05) is 4.72 Å². The fourth-order valence-electron chi connectivity index (χ4n) is 1.67. The fraction of sp³-hybridized carbons (Fsp3) is 0. The van der Waals surface area contributed by atoms with Gasteiger partial charge in [-0.15, -0.1) is 11.3 Å². The average Bonchev–Trinajstić information content (AvgIpc) is 2.86. The third kappa shape index (κ3) is 2.60. The molecule has 0 aliphatic heterocycles. The molecule has 0 saturated carbocycles. The van der Waals surface area contributed by atoms with Crippen LogP contribution < -0.4 is 4.72 Å². The number of thiophene rings is 1. The van der Waals surface area contributed by atoms with E-state index >= 15 is 0 Å². The smallest absolute Gasteiger partial charge is 0.271 e. The minimum atomic E-state index is -3.63. The van der Waals surface area contributed by atoms with Crippen LogP contribution in [0.25, 0.3) is 11.0 Å². The molecule has 0 fully saturated rings. The van der Waals surface area contributed by atoms with Gasteiger partial charge in [0.05, 0.1) is 21.1 Å². The van der Waals surface area contributed by atoms with Gasteiger partial charge in [-0.2, -0.15) is 0 Å². The summed E-state index contributed by atoms with van der Waals surface area (Å²) >= 11 is 6.76. The van der Waals surface area contributed by atoms with Crippen LogP contribution in [0.3, 0.4) is 0 Å². The molecule has 2 heterocycles. The van der Waals surface area contributed by atoms with Gasteiger partial charge in [0, 0.05) is 12.4 Å². The SMILES string of the molecule is O=S(=O)(Nc1ccc2nccnc2c1)c1ccc(Cl)s1. The van der Waals surface area contributed by atoms with Crippen molar-refractivity contribution in [2.24, 2.45) is 0 Å². The second-order valence-corrected chi connectivity index (χ2v) is 7.55. The van der Waals surface area contributed by atoms with E-state index in [0.717, 1.165) is 11.3 Å².